The van der Waals surface area contributed by atoms with E-state index in [9.17, 15) is 0 Å². The number of aryl methyl sites for hydroxylation is 2. The third kappa shape index (κ3) is 2.68. The second-order valence-corrected chi connectivity index (χ2v) is 9.92. The van der Waals surface area contributed by atoms with Crippen molar-refractivity contribution in [2.45, 2.75) is 41.0 Å². The summed E-state index contributed by atoms with van der Waals surface area (Å²) in [4.78, 5) is 0. The highest BCUT2D eigenvalue weighted by atomic mass is 16.5. The molecule has 152 valence electrons. The van der Waals surface area contributed by atoms with Crippen LogP contribution in [-0.4, -0.2) is 7.11 Å². The number of fused-ring (bicyclic) bond motifs is 4. The first kappa shape index (κ1) is 19.2. The molecule has 0 heterocycles. The van der Waals surface area contributed by atoms with E-state index in [0.717, 1.165) is 12.2 Å². The van der Waals surface area contributed by atoms with Gasteiger partial charge < -0.3 is 4.74 Å². The van der Waals surface area contributed by atoms with Crippen molar-refractivity contribution in [1.82, 2.24) is 0 Å². The van der Waals surface area contributed by atoms with E-state index in [0.29, 0.717) is 5.92 Å². The Bertz CT molecular complexity index is 1200. The van der Waals surface area contributed by atoms with E-state index in [1.165, 1.54) is 55.7 Å². The Balaban J connectivity index is 1.94. The van der Waals surface area contributed by atoms with Gasteiger partial charge in [0.1, 0.15) is 5.75 Å². The zero-order valence-corrected chi connectivity index (χ0v) is 18.9. The minimum atomic E-state index is 0.177. The fraction of sp³-hybridized carbons (Fsp3) is 0.310. The number of allylic oxidation sites excluding steroid dienone is 1. The van der Waals surface area contributed by atoms with Gasteiger partial charge in [-0.25, -0.2) is 0 Å². The maximum absolute atomic E-state index is 5.63. The van der Waals surface area contributed by atoms with Gasteiger partial charge in [0.2, 0.25) is 0 Å². The van der Waals surface area contributed by atoms with E-state index in [2.05, 4.69) is 89.2 Å². The molecular weight excluding hydrogens is 364 g/mol. The maximum atomic E-state index is 5.63. The lowest BCUT2D eigenvalue weighted by atomic mass is 9.74. The Morgan fingerprint density at radius 1 is 0.800 bits per heavy atom. The summed E-state index contributed by atoms with van der Waals surface area (Å²) in [5.74, 6) is 1.40. The highest BCUT2D eigenvalue weighted by Gasteiger charge is 2.40. The lowest BCUT2D eigenvalue weighted by Gasteiger charge is -2.30. The van der Waals surface area contributed by atoms with Gasteiger partial charge in [-0.15, -0.1) is 0 Å². The molecule has 5 rings (SSSR count). The molecule has 0 saturated carbocycles. The molecule has 0 spiro atoms. The number of ether oxygens (including phenoxy) is 1. The van der Waals surface area contributed by atoms with Crippen molar-refractivity contribution in [3.8, 4) is 16.9 Å². The number of rotatable bonds is 1. The number of benzene rings is 3. The van der Waals surface area contributed by atoms with E-state index in [1.807, 2.05) is 0 Å². The lowest BCUT2D eigenvalue weighted by molar-refractivity contribution is 0.309. The molecule has 3 aromatic carbocycles. The summed E-state index contributed by atoms with van der Waals surface area (Å²) in [6.07, 6.45) is 1.12. The predicted molar refractivity (Wildman–Crippen MR) is 127 cm³/mol. The van der Waals surface area contributed by atoms with Crippen LogP contribution >= 0.6 is 0 Å². The van der Waals surface area contributed by atoms with Gasteiger partial charge in [-0.3, -0.25) is 0 Å². The molecule has 0 bridgehead atoms. The largest absolute Gasteiger partial charge is 0.497 e. The van der Waals surface area contributed by atoms with E-state index in [4.69, 9.17) is 4.74 Å². The summed E-state index contributed by atoms with van der Waals surface area (Å²) in [6, 6.07) is 20.0. The number of methoxy groups -OCH3 is 1. The fourth-order valence-electron chi connectivity index (χ4n) is 5.49. The molecule has 30 heavy (non-hydrogen) atoms. The SMILES string of the molecule is COc1ccc2c(c1)/C(=C1\c3c(C)ccc(C)c3CC1C(C)(C)C)c1ccccc1-2. The van der Waals surface area contributed by atoms with Crippen LogP contribution in [0, 0.1) is 25.2 Å². The Hall–Kier alpha value is -2.80. The van der Waals surface area contributed by atoms with Crippen molar-refractivity contribution in [3.63, 3.8) is 0 Å². The average Bonchev–Trinajstić information content (AvgIpc) is 3.27. The molecule has 2 aliphatic carbocycles. The molecule has 3 aromatic rings. The van der Waals surface area contributed by atoms with Crippen LogP contribution in [0.5, 0.6) is 5.75 Å². The molecule has 0 fully saturated rings. The lowest BCUT2D eigenvalue weighted by Crippen LogP contribution is -2.21. The normalized spacial score (nSPS) is 19.5. The van der Waals surface area contributed by atoms with Crippen molar-refractivity contribution in [2.24, 2.45) is 11.3 Å². The first-order valence-corrected chi connectivity index (χ1v) is 10.9. The first-order valence-electron chi connectivity index (χ1n) is 10.9. The maximum Gasteiger partial charge on any atom is 0.119 e. The highest BCUT2D eigenvalue weighted by molar-refractivity contribution is 6.12. The van der Waals surface area contributed by atoms with Crippen LogP contribution in [-0.2, 0) is 6.42 Å². The molecule has 0 radical (unpaired) electrons. The van der Waals surface area contributed by atoms with Crippen molar-refractivity contribution in [1.29, 1.82) is 0 Å². The van der Waals surface area contributed by atoms with Crippen molar-refractivity contribution in [3.05, 3.63) is 88.0 Å². The van der Waals surface area contributed by atoms with Gasteiger partial charge in [0, 0.05) is 0 Å². The third-order valence-corrected chi connectivity index (χ3v) is 7.08. The molecule has 0 saturated heterocycles. The zero-order valence-electron chi connectivity index (χ0n) is 18.9. The fourth-order valence-corrected chi connectivity index (χ4v) is 5.49. The summed E-state index contributed by atoms with van der Waals surface area (Å²) in [5, 5.41) is 0. The van der Waals surface area contributed by atoms with Gasteiger partial charge in [0.05, 0.1) is 7.11 Å². The summed E-state index contributed by atoms with van der Waals surface area (Å²) in [5.41, 5.74) is 14.3. The first-order chi connectivity index (χ1) is 14.3. The van der Waals surface area contributed by atoms with Crippen LogP contribution in [0.2, 0.25) is 0 Å². The number of hydrogen-bond acceptors (Lipinski definition) is 1. The molecule has 2 aliphatic rings. The smallest absolute Gasteiger partial charge is 0.119 e. The van der Waals surface area contributed by atoms with E-state index in [1.54, 1.807) is 7.11 Å². The molecule has 1 unspecified atom stereocenters. The minimum absolute atomic E-state index is 0.177. The summed E-state index contributed by atoms with van der Waals surface area (Å²) < 4.78 is 5.63. The van der Waals surface area contributed by atoms with E-state index in [-0.39, 0.29) is 5.41 Å². The standard InChI is InChI=1S/C29H30O/c1-17-11-12-18(2)26-23(17)16-25(29(3,4)5)28(26)27-22-10-8-7-9-20(22)21-14-13-19(30-6)15-24(21)27/h7-15,25H,16H2,1-6H3/b28-27-. The van der Waals surface area contributed by atoms with Gasteiger partial charge in [-0.05, 0) is 99.4 Å². The van der Waals surface area contributed by atoms with Gasteiger partial charge >= 0.3 is 0 Å². The highest BCUT2D eigenvalue weighted by Crippen LogP contribution is 2.56. The molecule has 0 aliphatic heterocycles. The van der Waals surface area contributed by atoms with Crippen LogP contribution in [0.15, 0.2) is 54.6 Å². The molecule has 0 aromatic heterocycles. The topological polar surface area (TPSA) is 9.23 Å². The molecule has 1 nitrogen and oxygen atoms in total. The molecule has 0 amide bonds. The van der Waals surface area contributed by atoms with Crippen LogP contribution in [0.4, 0.5) is 0 Å². The van der Waals surface area contributed by atoms with Crippen molar-refractivity contribution >= 4 is 11.1 Å². The number of hydrogen-bond donors (Lipinski definition) is 0. The Kier molecular flexibility index (Phi) is 4.22. The monoisotopic (exact) mass is 394 g/mol. The van der Waals surface area contributed by atoms with Crippen LogP contribution in [0.1, 0.15) is 54.2 Å². The molecular formula is C29H30O. The third-order valence-electron chi connectivity index (χ3n) is 7.08. The average molecular weight is 395 g/mol. The van der Waals surface area contributed by atoms with Gasteiger partial charge in [-0.1, -0.05) is 63.2 Å². The molecule has 1 heteroatoms. The van der Waals surface area contributed by atoms with E-state index >= 15 is 0 Å². The Morgan fingerprint density at radius 3 is 2.17 bits per heavy atom. The molecule has 0 N–H and O–H groups in total. The second kappa shape index (κ2) is 6.60. The molecule has 1 atom stereocenters. The predicted octanol–water partition coefficient (Wildman–Crippen LogP) is 7.47. The minimum Gasteiger partial charge on any atom is -0.497 e. The zero-order chi connectivity index (χ0) is 21.2. The van der Waals surface area contributed by atoms with Gasteiger partial charge in [-0.2, -0.15) is 0 Å². The van der Waals surface area contributed by atoms with E-state index < -0.39 is 0 Å². The van der Waals surface area contributed by atoms with Crippen molar-refractivity contribution < 1.29 is 4.74 Å². The Morgan fingerprint density at radius 2 is 1.47 bits per heavy atom. The van der Waals surface area contributed by atoms with Crippen molar-refractivity contribution in [2.75, 3.05) is 7.11 Å². The summed E-state index contributed by atoms with van der Waals surface area (Å²) >= 11 is 0. The quantitative estimate of drug-likeness (QED) is 0.325. The van der Waals surface area contributed by atoms with Gasteiger partial charge in [0.15, 0.2) is 0 Å². The van der Waals surface area contributed by atoms with Crippen LogP contribution < -0.4 is 4.74 Å². The van der Waals surface area contributed by atoms with Gasteiger partial charge in [0.25, 0.3) is 0 Å². The summed E-state index contributed by atoms with van der Waals surface area (Å²) in [6.45, 7) is 11.7. The second-order valence-electron chi connectivity index (χ2n) is 9.92. The Labute approximate surface area is 180 Å². The van der Waals surface area contributed by atoms with Crippen LogP contribution in [0.25, 0.3) is 22.3 Å². The van der Waals surface area contributed by atoms with Crippen LogP contribution in [0.3, 0.4) is 0 Å². The summed E-state index contributed by atoms with van der Waals surface area (Å²) in [7, 11) is 1.76.